The molecule has 0 saturated heterocycles. The van der Waals surface area contributed by atoms with Gasteiger partial charge in [-0.2, -0.15) is 0 Å². The summed E-state index contributed by atoms with van der Waals surface area (Å²) >= 11 is 0. The largest absolute Gasteiger partial charge is 0.497 e. The first kappa shape index (κ1) is 8.95. The molecule has 0 spiro atoms. The summed E-state index contributed by atoms with van der Waals surface area (Å²) in [7, 11) is 1.59. The third-order valence-corrected chi connectivity index (χ3v) is 1.10. The van der Waals surface area contributed by atoms with Crippen molar-refractivity contribution in [1.29, 1.82) is 0 Å². The lowest BCUT2D eigenvalue weighted by molar-refractivity contribution is 0.302. The second kappa shape index (κ2) is 4.79. The predicted molar refractivity (Wildman–Crippen MR) is 44.1 cm³/mol. The number of hydrogen-bond acceptors (Lipinski definition) is 2. The van der Waals surface area contributed by atoms with Crippen LogP contribution in [0.4, 0.5) is 0 Å². The van der Waals surface area contributed by atoms with Gasteiger partial charge in [-0.1, -0.05) is 6.58 Å². The summed E-state index contributed by atoms with van der Waals surface area (Å²) in [5.74, 6) is 0.658. The fourth-order valence-electron chi connectivity index (χ4n) is 0.419. The van der Waals surface area contributed by atoms with Crippen LogP contribution >= 0.6 is 0 Å². The fourth-order valence-corrected chi connectivity index (χ4v) is 0.419. The Morgan fingerprint density at radius 2 is 2.20 bits per heavy atom. The van der Waals surface area contributed by atoms with Crippen LogP contribution in [0.1, 0.15) is 13.8 Å². The molecule has 10 heavy (non-hydrogen) atoms. The number of ether oxygens (including phenoxy) is 1. The second-order valence-corrected chi connectivity index (χ2v) is 1.85. The summed E-state index contributed by atoms with van der Waals surface area (Å²) in [5.41, 5.74) is 0.945. The van der Waals surface area contributed by atoms with Crippen LogP contribution < -0.4 is 0 Å². The lowest BCUT2D eigenvalue weighted by Gasteiger charge is -2.00. The van der Waals surface area contributed by atoms with Crippen molar-refractivity contribution >= 4 is 6.21 Å². The van der Waals surface area contributed by atoms with E-state index in [1.807, 2.05) is 13.8 Å². The summed E-state index contributed by atoms with van der Waals surface area (Å²) < 4.78 is 4.87. The van der Waals surface area contributed by atoms with Gasteiger partial charge in [-0.25, -0.2) is 0 Å². The van der Waals surface area contributed by atoms with Crippen LogP contribution in [0.3, 0.4) is 0 Å². The minimum absolute atomic E-state index is 0.658. The zero-order chi connectivity index (χ0) is 7.98. The zero-order valence-electron chi connectivity index (χ0n) is 6.72. The minimum atomic E-state index is 0.658. The van der Waals surface area contributed by atoms with Gasteiger partial charge < -0.3 is 4.74 Å². The number of aliphatic imine (C=N–C) groups is 1. The van der Waals surface area contributed by atoms with Crippen molar-refractivity contribution in [3.63, 3.8) is 0 Å². The molecule has 0 fully saturated rings. The molecule has 0 aromatic rings. The maximum Gasteiger partial charge on any atom is 0.116 e. The Morgan fingerprint density at radius 1 is 1.60 bits per heavy atom. The van der Waals surface area contributed by atoms with Gasteiger partial charge in [0.1, 0.15) is 5.76 Å². The molecule has 0 unspecified atom stereocenters. The van der Waals surface area contributed by atoms with E-state index in [0.717, 1.165) is 5.57 Å². The van der Waals surface area contributed by atoms with E-state index in [-0.39, 0.29) is 0 Å². The van der Waals surface area contributed by atoms with Crippen molar-refractivity contribution in [2.24, 2.45) is 4.99 Å². The Labute approximate surface area is 61.9 Å². The summed E-state index contributed by atoms with van der Waals surface area (Å²) in [6.07, 6.45) is 3.43. The van der Waals surface area contributed by atoms with Crippen molar-refractivity contribution in [2.45, 2.75) is 13.8 Å². The fraction of sp³-hybridized carbons (Fsp3) is 0.375. The third kappa shape index (κ3) is 3.07. The average Bonchev–Trinajstić information content (AvgIpc) is 1.98. The van der Waals surface area contributed by atoms with Crippen LogP contribution in [-0.4, -0.2) is 13.3 Å². The van der Waals surface area contributed by atoms with Crippen molar-refractivity contribution in [3.05, 3.63) is 24.1 Å². The topological polar surface area (TPSA) is 21.6 Å². The molecule has 2 heteroatoms. The Bertz CT molecular complexity index is 168. The van der Waals surface area contributed by atoms with E-state index >= 15 is 0 Å². The summed E-state index contributed by atoms with van der Waals surface area (Å²) in [4.78, 5) is 3.91. The van der Waals surface area contributed by atoms with Crippen LogP contribution in [0.15, 0.2) is 29.1 Å². The van der Waals surface area contributed by atoms with E-state index in [2.05, 4.69) is 11.6 Å². The van der Waals surface area contributed by atoms with Crippen molar-refractivity contribution < 1.29 is 4.74 Å². The van der Waals surface area contributed by atoms with E-state index in [1.54, 1.807) is 19.5 Å². The highest BCUT2D eigenvalue weighted by Gasteiger charge is 1.91. The molecule has 0 N–H and O–H groups in total. The van der Waals surface area contributed by atoms with Crippen LogP contribution in [0.5, 0.6) is 0 Å². The number of allylic oxidation sites excluding steroid dienone is 1. The SMILES string of the molecule is C=C(OC)C(C)=CN=CC. The molecule has 0 aliphatic carbocycles. The molecule has 0 radical (unpaired) electrons. The van der Waals surface area contributed by atoms with E-state index in [0.29, 0.717) is 5.76 Å². The molecule has 0 aromatic heterocycles. The number of nitrogens with zero attached hydrogens (tertiary/aromatic N) is 1. The van der Waals surface area contributed by atoms with Crippen LogP contribution in [-0.2, 0) is 4.74 Å². The standard InChI is InChI=1S/C8H13NO/c1-5-9-6-7(2)8(3)10-4/h5-6H,3H2,1-2,4H3. The molecular formula is C8H13NO. The van der Waals surface area contributed by atoms with Crippen LogP contribution in [0.2, 0.25) is 0 Å². The molecule has 0 amide bonds. The normalized spacial score (nSPS) is 12.1. The number of hydrogen-bond donors (Lipinski definition) is 0. The molecule has 0 saturated carbocycles. The molecule has 0 aromatic carbocycles. The molecule has 0 atom stereocenters. The maximum absolute atomic E-state index is 4.87. The molecule has 56 valence electrons. The molecule has 0 aliphatic heterocycles. The molecule has 0 bridgehead atoms. The van der Waals surface area contributed by atoms with Gasteiger partial charge in [0.25, 0.3) is 0 Å². The first-order valence-corrected chi connectivity index (χ1v) is 3.10. The molecule has 0 heterocycles. The van der Waals surface area contributed by atoms with E-state index in [9.17, 15) is 0 Å². The Morgan fingerprint density at radius 3 is 2.60 bits per heavy atom. The van der Waals surface area contributed by atoms with E-state index in [4.69, 9.17) is 4.74 Å². The van der Waals surface area contributed by atoms with Crippen molar-refractivity contribution in [2.75, 3.05) is 7.11 Å². The molecule has 2 nitrogen and oxygen atoms in total. The molecule has 0 rings (SSSR count). The highest BCUT2D eigenvalue weighted by molar-refractivity contribution is 5.54. The summed E-state index contributed by atoms with van der Waals surface area (Å²) in [6.45, 7) is 7.42. The molecule has 0 aliphatic rings. The first-order valence-electron chi connectivity index (χ1n) is 3.10. The maximum atomic E-state index is 4.87. The molecular weight excluding hydrogens is 126 g/mol. The van der Waals surface area contributed by atoms with Crippen molar-refractivity contribution in [3.8, 4) is 0 Å². The number of rotatable bonds is 3. The van der Waals surface area contributed by atoms with Gasteiger partial charge in [-0.05, 0) is 13.8 Å². The first-order chi connectivity index (χ1) is 4.72. The van der Waals surface area contributed by atoms with Crippen molar-refractivity contribution in [1.82, 2.24) is 0 Å². The zero-order valence-corrected chi connectivity index (χ0v) is 6.72. The Hall–Kier alpha value is -1.05. The second-order valence-electron chi connectivity index (χ2n) is 1.85. The van der Waals surface area contributed by atoms with Gasteiger partial charge in [0.05, 0.1) is 7.11 Å². The van der Waals surface area contributed by atoms with Gasteiger partial charge in [0, 0.05) is 18.0 Å². The summed E-state index contributed by atoms with van der Waals surface area (Å²) in [5, 5.41) is 0. The van der Waals surface area contributed by atoms with Gasteiger partial charge in [-0.3, -0.25) is 4.99 Å². The minimum Gasteiger partial charge on any atom is -0.497 e. The van der Waals surface area contributed by atoms with E-state index in [1.165, 1.54) is 0 Å². The van der Waals surface area contributed by atoms with E-state index < -0.39 is 0 Å². The van der Waals surface area contributed by atoms with Crippen LogP contribution in [0, 0.1) is 0 Å². The summed E-state index contributed by atoms with van der Waals surface area (Å²) in [6, 6.07) is 0. The van der Waals surface area contributed by atoms with Gasteiger partial charge in [0.2, 0.25) is 0 Å². The lowest BCUT2D eigenvalue weighted by Crippen LogP contribution is -1.84. The number of methoxy groups -OCH3 is 1. The van der Waals surface area contributed by atoms with Gasteiger partial charge in [-0.15, -0.1) is 0 Å². The average molecular weight is 139 g/mol. The smallest absolute Gasteiger partial charge is 0.116 e. The van der Waals surface area contributed by atoms with Crippen LogP contribution in [0.25, 0.3) is 0 Å². The Balaban J connectivity index is 4.05. The predicted octanol–water partition coefficient (Wildman–Crippen LogP) is 2.14. The van der Waals surface area contributed by atoms with Gasteiger partial charge >= 0.3 is 0 Å². The van der Waals surface area contributed by atoms with Gasteiger partial charge in [0.15, 0.2) is 0 Å². The monoisotopic (exact) mass is 139 g/mol. The Kier molecular flexibility index (Phi) is 4.29. The quantitative estimate of drug-likeness (QED) is 0.333. The highest BCUT2D eigenvalue weighted by Crippen LogP contribution is 2.05. The lowest BCUT2D eigenvalue weighted by atomic mass is 10.3. The third-order valence-electron chi connectivity index (χ3n) is 1.10. The highest BCUT2D eigenvalue weighted by atomic mass is 16.5.